The summed E-state index contributed by atoms with van der Waals surface area (Å²) >= 11 is 1.54. The maximum absolute atomic E-state index is 12.4. The normalized spacial score (nSPS) is 10.7. The molecule has 0 aliphatic carbocycles. The summed E-state index contributed by atoms with van der Waals surface area (Å²) in [7, 11) is 1.62. The van der Waals surface area contributed by atoms with Crippen LogP contribution in [0.25, 0.3) is 10.9 Å². The van der Waals surface area contributed by atoms with Crippen LogP contribution in [0.15, 0.2) is 29.6 Å². The SMILES string of the molecule is COc1ccc2cc(C(=O)NCc3nc(C)cs3)c(C)nc2c1. The Morgan fingerprint density at radius 2 is 2.09 bits per heavy atom. The fourth-order valence-electron chi connectivity index (χ4n) is 2.34. The molecule has 0 atom stereocenters. The molecule has 0 aliphatic rings. The van der Waals surface area contributed by atoms with E-state index in [1.54, 1.807) is 18.4 Å². The van der Waals surface area contributed by atoms with Crippen LogP contribution in [0.5, 0.6) is 5.75 Å². The Kier molecular flexibility index (Phi) is 4.25. The predicted octanol–water partition coefficient (Wildman–Crippen LogP) is 3.25. The number of aromatic nitrogens is 2. The minimum absolute atomic E-state index is 0.138. The molecule has 1 N–H and O–H groups in total. The highest BCUT2D eigenvalue weighted by Gasteiger charge is 2.12. The van der Waals surface area contributed by atoms with Gasteiger partial charge in [-0.25, -0.2) is 4.98 Å². The van der Waals surface area contributed by atoms with Gasteiger partial charge in [-0.2, -0.15) is 0 Å². The largest absolute Gasteiger partial charge is 0.497 e. The van der Waals surface area contributed by atoms with Crippen molar-refractivity contribution in [3.63, 3.8) is 0 Å². The van der Waals surface area contributed by atoms with E-state index >= 15 is 0 Å². The second-order valence-corrected chi connectivity index (χ2v) is 6.19. The van der Waals surface area contributed by atoms with Crippen molar-refractivity contribution in [1.29, 1.82) is 0 Å². The summed E-state index contributed by atoms with van der Waals surface area (Å²) < 4.78 is 5.20. The van der Waals surface area contributed by atoms with Crippen LogP contribution in [0.2, 0.25) is 0 Å². The van der Waals surface area contributed by atoms with Gasteiger partial charge in [0.25, 0.3) is 5.91 Å². The fraction of sp³-hybridized carbons (Fsp3) is 0.235. The standard InChI is InChI=1S/C17H17N3O2S/c1-10-9-23-16(19-10)8-18-17(21)14-6-12-4-5-13(22-3)7-15(12)20-11(14)2/h4-7,9H,8H2,1-3H3,(H,18,21). The molecule has 0 fully saturated rings. The van der Waals surface area contributed by atoms with Gasteiger partial charge >= 0.3 is 0 Å². The summed E-state index contributed by atoms with van der Waals surface area (Å²) in [5, 5.41) is 6.68. The first-order valence-electron chi connectivity index (χ1n) is 7.21. The number of methoxy groups -OCH3 is 1. The van der Waals surface area contributed by atoms with Gasteiger partial charge in [-0.3, -0.25) is 9.78 Å². The van der Waals surface area contributed by atoms with Crippen LogP contribution in [0, 0.1) is 13.8 Å². The number of nitrogens with zero attached hydrogens (tertiary/aromatic N) is 2. The van der Waals surface area contributed by atoms with Crippen LogP contribution >= 0.6 is 11.3 Å². The smallest absolute Gasteiger partial charge is 0.253 e. The van der Waals surface area contributed by atoms with E-state index in [0.29, 0.717) is 17.8 Å². The molecule has 0 saturated heterocycles. The molecule has 3 rings (SSSR count). The van der Waals surface area contributed by atoms with Crippen molar-refractivity contribution in [2.75, 3.05) is 7.11 Å². The second-order valence-electron chi connectivity index (χ2n) is 5.25. The van der Waals surface area contributed by atoms with Crippen LogP contribution in [0.3, 0.4) is 0 Å². The molecule has 0 spiro atoms. The Morgan fingerprint density at radius 1 is 1.26 bits per heavy atom. The first kappa shape index (κ1) is 15.4. The van der Waals surface area contributed by atoms with Gasteiger partial charge in [-0.05, 0) is 32.0 Å². The van der Waals surface area contributed by atoms with Crippen molar-refractivity contribution in [2.45, 2.75) is 20.4 Å². The van der Waals surface area contributed by atoms with Crippen molar-refractivity contribution < 1.29 is 9.53 Å². The molecule has 1 aromatic carbocycles. The number of carbonyl (C=O) groups is 1. The molecule has 3 aromatic rings. The minimum Gasteiger partial charge on any atom is -0.497 e. The maximum Gasteiger partial charge on any atom is 0.253 e. The number of hydrogen-bond donors (Lipinski definition) is 1. The van der Waals surface area contributed by atoms with Crippen LogP contribution < -0.4 is 10.1 Å². The number of hydrogen-bond acceptors (Lipinski definition) is 5. The van der Waals surface area contributed by atoms with Crippen LogP contribution in [0.4, 0.5) is 0 Å². The summed E-state index contributed by atoms with van der Waals surface area (Å²) in [4.78, 5) is 21.3. The van der Waals surface area contributed by atoms with Gasteiger partial charge in [-0.1, -0.05) is 0 Å². The third kappa shape index (κ3) is 3.32. The second kappa shape index (κ2) is 6.34. The van der Waals surface area contributed by atoms with E-state index in [9.17, 15) is 4.79 Å². The van der Waals surface area contributed by atoms with Crippen molar-refractivity contribution in [2.24, 2.45) is 0 Å². The number of pyridine rings is 1. The van der Waals surface area contributed by atoms with Crippen LogP contribution in [-0.2, 0) is 6.54 Å². The van der Waals surface area contributed by atoms with Gasteiger partial charge in [0.15, 0.2) is 0 Å². The number of amides is 1. The quantitative estimate of drug-likeness (QED) is 0.799. The molecular formula is C17H17N3O2S. The number of nitrogens with one attached hydrogen (secondary N) is 1. The van der Waals surface area contributed by atoms with E-state index in [0.717, 1.165) is 27.4 Å². The Balaban J connectivity index is 1.83. The van der Waals surface area contributed by atoms with Crippen LogP contribution in [0.1, 0.15) is 26.8 Å². The summed E-state index contributed by atoms with van der Waals surface area (Å²) in [5.41, 5.74) is 3.06. The predicted molar refractivity (Wildman–Crippen MR) is 91.1 cm³/mol. The third-order valence-electron chi connectivity index (χ3n) is 3.53. The lowest BCUT2D eigenvalue weighted by Gasteiger charge is -2.09. The number of thiazole rings is 1. The van der Waals surface area contributed by atoms with E-state index in [2.05, 4.69) is 15.3 Å². The van der Waals surface area contributed by atoms with Gasteiger partial charge in [0.2, 0.25) is 0 Å². The molecule has 118 valence electrons. The zero-order valence-corrected chi connectivity index (χ0v) is 14.0. The Bertz CT molecular complexity index is 873. The van der Waals surface area contributed by atoms with E-state index in [1.165, 1.54) is 0 Å². The summed E-state index contributed by atoms with van der Waals surface area (Å²) in [6, 6.07) is 7.49. The van der Waals surface area contributed by atoms with Gasteiger partial charge in [0.1, 0.15) is 10.8 Å². The van der Waals surface area contributed by atoms with Crippen LogP contribution in [-0.4, -0.2) is 23.0 Å². The Morgan fingerprint density at radius 3 is 2.78 bits per heavy atom. The molecule has 0 radical (unpaired) electrons. The fourth-order valence-corrected chi connectivity index (χ4v) is 3.05. The lowest BCUT2D eigenvalue weighted by atomic mass is 10.1. The van der Waals surface area contributed by atoms with Gasteiger partial charge < -0.3 is 10.1 Å². The number of aryl methyl sites for hydroxylation is 2. The number of ether oxygens (including phenoxy) is 1. The van der Waals surface area contributed by atoms with E-state index in [4.69, 9.17) is 4.74 Å². The molecule has 0 bridgehead atoms. The zero-order valence-electron chi connectivity index (χ0n) is 13.2. The number of carbonyl (C=O) groups excluding carboxylic acids is 1. The van der Waals surface area contributed by atoms with Gasteiger partial charge in [-0.15, -0.1) is 11.3 Å². The summed E-state index contributed by atoms with van der Waals surface area (Å²) in [5.74, 6) is 0.612. The van der Waals surface area contributed by atoms with Crippen molar-refractivity contribution >= 4 is 28.1 Å². The first-order valence-corrected chi connectivity index (χ1v) is 8.09. The van der Waals surface area contributed by atoms with E-state index < -0.39 is 0 Å². The van der Waals surface area contributed by atoms with Gasteiger partial charge in [0.05, 0.1) is 30.4 Å². The first-order chi connectivity index (χ1) is 11.1. The summed E-state index contributed by atoms with van der Waals surface area (Å²) in [6.45, 7) is 4.20. The maximum atomic E-state index is 12.4. The zero-order chi connectivity index (χ0) is 16.4. The molecule has 5 nitrogen and oxygen atoms in total. The van der Waals surface area contributed by atoms with Crippen molar-refractivity contribution in [3.05, 3.63) is 51.6 Å². The van der Waals surface area contributed by atoms with Crippen molar-refractivity contribution in [1.82, 2.24) is 15.3 Å². The Labute approximate surface area is 138 Å². The van der Waals surface area contributed by atoms with E-state index in [1.807, 2.05) is 43.5 Å². The molecule has 6 heteroatoms. The molecule has 0 saturated carbocycles. The average Bonchev–Trinajstić information content (AvgIpc) is 2.96. The van der Waals surface area contributed by atoms with Crippen molar-refractivity contribution in [3.8, 4) is 5.75 Å². The third-order valence-corrected chi connectivity index (χ3v) is 4.49. The highest BCUT2D eigenvalue weighted by molar-refractivity contribution is 7.09. The molecule has 0 aliphatic heterocycles. The molecule has 2 aromatic heterocycles. The molecule has 2 heterocycles. The average molecular weight is 327 g/mol. The number of fused-ring (bicyclic) bond motifs is 1. The highest BCUT2D eigenvalue weighted by Crippen LogP contribution is 2.21. The minimum atomic E-state index is -0.138. The molecular weight excluding hydrogens is 310 g/mol. The molecule has 1 amide bonds. The van der Waals surface area contributed by atoms with Gasteiger partial charge in [0, 0.05) is 22.5 Å². The monoisotopic (exact) mass is 327 g/mol. The summed E-state index contributed by atoms with van der Waals surface area (Å²) in [6.07, 6.45) is 0. The number of rotatable bonds is 4. The molecule has 0 unspecified atom stereocenters. The van der Waals surface area contributed by atoms with E-state index in [-0.39, 0.29) is 5.91 Å². The lowest BCUT2D eigenvalue weighted by Crippen LogP contribution is -2.24. The lowest BCUT2D eigenvalue weighted by molar-refractivity contribution is 0.0950. The molecule has 23 heavy (non-hydrogen) atoms. The Hall–Kier alpha value is -2.47. The highest BCUT2D eigenvalue weighted by atomic mass is 32.1. The topological polar surface area (TPSA) is 64.1 Å². The number of benzene rings is 1.